The summed E-state index contributed by atoms with van der Waals surface area (Å²) in [5, 5.41) is 16.8. The molecule has 0 saturated carbocycles. The largest absolute Gasteiger partial charge is 0.478 e. The van der Waals surface area contributed by atoms with Gasteiger partial charge in [-0.05, 0) is 60.1 Å². The molecule has 0 spiro atoms. The second kappa shape index (κ2) is 11.2. The molecular formula is C26H24N4O3S2. The van der Waals surface area contributed by atoms with E-state index in [1.807, 2.05) is 60.7 Å². The van der Waals surface area contributed by atoms with Crippen molar-refractivity contribution >= 4 is 52.4 Å². The molecular weight excluding hydrogens is 480 g/mol. The van der Waals surface area contributed by atoms with Crippen LogP contribution in [-0.2, 0) is 17.8 Å². The molecule has 0 fully saturated rings. The maximum atomic E-state index is 12.8. The molecule has 178 valence electrons. The number of thioether (sulfide) groups is 1. The third-order valence-electron chi connectivity index (χ3n) is 5.52. The van der Waals surface area contributed by atoms with Crippen LogP contribution in [-0.4, -0.2) is 40.6 Å². The molecule has 3 aromatic rings. The number of carboxylic acids is 1. The Morgan fingerprint density at radius 1 is 1.06 bits per heavy atom. The summed E-state index contributed by atoms with van der Waals surface area (Å²) in [6, 6.07) is 22.7. The van der Waals surface area contributed by atoms with E-state index in [9.17, 15) is 9.59 Å². The fraction of sp³-hybridized carbons (Fsp3) is 0.154. The molecule has 9 heteroatoms. The van der Waals surface area contributed by atoms with Gasteiger partial charge in [-0.3, -0.25) is 10.2 Å². The first kappa shape index (κ1) is 24.4. The van der Waals surface area contributed by atoms with Crippen LogP contribution < -0.4 is 15.6 Å². The number of aryl methyl sites for hydroxylation is 1. The van der Waals surface area contributed by atoms with Crippen molar-refractivity contribution in [2.75, 3.05) is 17.7 Å². The lowest BCUT2D eigenvalue weighted by atomic mass is 10.1. The van der Waals surface area contributed by atoms with E-state index in [0.717, 1.165) is 39.4 Å². The van der Waals surface area contributed by atoms with E-state index in [4.69, 9.17) is 17.3 Å². The van der Waals surface area contributed by atoms with Gasteiger partial charge in [-0.15, -0.1) is 11.8 Å². The minimum atomic E-state index is -0.928. The molecule has 0 aliphatic carbocycles. The van der Waals surface area contributed by atoms with Gasteiger partial charge >= 0.3 is 5.97 Å². The number of fused-ring (bicyclic) bond motifs is 1. The number of anilines is 1. The summed E-state index contributed by atoms with van der Waals surface area (Å²) in [6.07, 6.45) is 0.796. The Morgan fingerprint density at radius 3 is 2.51 bits per heavy atom. The molecule has 0 unspecified atom stereocenters. The number of carbonyl (C=O) groups excluding carboxylic acids is 1. The number of carbonyl (C=O) groups is 2. The Kier molecular flexibility index (Phi) is 7.79. The van der Waals surface area contributed by atoms with Crippen molar-refractivity contribution in [2.45, 2.75) is 17.9 Å². The third kappa shape index (κ3) is 6.06. The van der Waals surface area contributed by atoms with E-state index in [2.05, 4.69) is 15.8 Å². The number of aromatic carboxylic acids is 1. The lowest BCUT2D eigenvalue weighted by molar-refractivity contribution is -0.112. The minimum Gasteiger partial charge on any atom is -0.478 e. The number of nitrogens with one attached hydrogen (secondary N) is 2. The van der Waals surface area contributed by atoms with Gasteiger partial charge in [-0.25, -0.2) is 4.79 Å². The number of benzene rings is 3. The summed E-state index contributed by atoms with van der Waals surface area (Å²) in [5.74, 6) is -0.310. The molecule has 3 aromatic carbocycles. The lowest BCUT2D eigenvalue weighted by Gasteiger charge is -2.09. The zero-order valence-electron chi connectivity index (χ0n) is 19.0. The van der Waals surface area contributed by atoms with Gasteiger partial charge in [0.1, 0.15) is 0 Å². The first-order valence-corrected chi connectivity index (χ1v) is 12.3. The van der Waals surface area contributed by atoms with Gasteiger partial charge in [0, 0.05) is 29.8 Å². The predicted molar refractivity (Wildman–Crippen MR) is 143 cm³/mol. The van der Waals surface area contributed by atoms with Crippen LogP contribution in [0.1, 0.15) is 27.0 Å². The minimum absolute atomic E-state index is 0.195. The molecule has 1 amide bonds. The Labute approximate surface area is 213 Å². The molecule has 4 rings (SSSR count). The Bertz CT molecular complexity index is 1280. The number of hydrazone groups is 1. The fourth-order valence-electron chi connectivity index (χ4n) is 3.60. The Balaban J connectivity index is 1.38. The highest BCUT2D eigenvalue weighted by atomic mass is 32.2. The monoisotopic (exact) mass is 504 g/mol. The average molecular weight is 505 g/mol. The van der Waals surface area contributed by atoms with Crippen molar-refractivity contribution in [1.82, 2.24) is 10.7 Å². The number of likely N-dealkylation sites (N-methyl/N-ethyl adjacent to an activating group) is 1. The number of amides is 1. The van der Waals surface area contributed by atoms with Crippen LogP contribution >= 0.6 is 24.0 Å². The highest BCUT2D eigenvalue weighted by molar-refractivity contribution is 7.99. The third-order valence-corrected chi connectivity index (χ3v) is 6.75. The quantitative estimate of drug-likeness (QED) is 0.242. The van der Waals surface area contributed by atoms with Crippen LogP contribution in [0.5, 0.6) is 0 Å². The van der Waals surface area contributed by atoms with Gasteiger partial charge in [0.2, 0.25) is 0 Å². The summed E-state index contributed by atoms with van der Waals surface area (Å²) in [7, 11) is 1.73. The molecule has 0 saturated heterocycles. The molecule has 35 heavy (non-hydrogen) atoms. The molecule has 1 aliphatic rings. The van der Waals surface area contributed by atoms with Crippen molar-refractivity contribution in [2.24, 2.45) is 5.10 Å². The van der Waals surface area contributed by atoms with E-state index in [1.165, 1.54) is 0 Å². The number of carboxylic acid groups (broad SMARTS) is 1. The smallest absolute Gasteiger partial charge is 0.335 e. The van der Waals surface area contributed by atoms with E-state index >= 15 is 0 Å². The van der Waals surface area contributed by atoms with Crippen molar-refractivity contribution in [3.63, 3.8) is 0 Å². The Morgan fingerprint density at radius 2 is 1.80 bits per heavy atom. The van der Waals surface area contributed by atoms with E-state index in [1.54, 1.807) is 35.8 Å². The second-order valence-corrected chi connectivity index (χ2v) is 9.46. The highest BCUT2D eigenvalue weighted by Crippen LogP contribution is 2.32. The first-order chi connectivity index (χ1) is 16.9. The standard InChI is InChI=1S/C26H24N4O3S2/c1-30-22-12-11-20(35-14-13-17-7-9-19(10-8-17)25(32)33)15-21(22)23(24(30)31)28-29-26(34)27-16-18-5-3-2-4-6-18/h2-12,15H,13-14,16H2,1H3,(H,32,33)(H2,27,29,34). The van der Waals surface area contributed by atoms with Crippen molar-refractivity contribution < 1.29 is 14.7 Å². The van der Waals surface area contributed by atoms with Gasteiger partial charge in [-0.1, -0.05) is 42.5 Å². The van der Waals surface area contributed by atoms with Crippen molar-refractivity contribution in [3.05, 3.63) is 95.1 Å². The molecule has 1 heterocycles. The van der Waals surface area contributed by atoms with E-state index in [-0.39, 0.29) is 11.5 Å². The zero-order valence-corrected chi connectivity index (χ0v) is 20.7. The lowest BCUT2D eigenvalue weighted by Crippen LogP contribution is -2.34. The number of nitrogens with zero attached hydrogens (tertiary/aromatic N) is 2. The van der Waals surface area contributed by atoms with Crippen LogP contribution in [0.2, 0.25) is 0 Å². The molecule has 7 nitrogen and oxygen atoms in total. The van der Waals surface area contributed by atoms with Crippen LogP contribution in [0.3, 0.4) is 0 Å². The van der Waals surface area contributed by atoms with Gasteiger partial charge in [0.25, 0.3) is 5.91 Å². The molecule has 0 radical (unpaired) electrons. The average Bonchev–Trinajstić information content (AvgIpc) is 3.11. The van der Waals surface area contributed by atoms with Crippen molar-refractivity contribution in [1.29, 1.82) is 0 Å². The summed E-state index contributed by atoms with van der Waals surface area (Å²) in [4.78, 5) is 26.4. The van der Waals surface area contributed by atoms with Crippen LogP contribution in [0.25, 0.3) is 0 Å². The first-order valence-electron chi connectivity index (χ1n) is 11.0. The number of hydrogen-bond acceptors (Lipinski definition) is 5. The van der Waals surface area contributed by atoms with Crippen LogP contribution in [0.4, 0.5) is 5.69 Å². The Hall–Kier alpha value is -3.69. The summed E-state index contributed by atoms with van der Waals surface area (Å²) < 4.78 is 0. The molecule has 3 N–H and O–H groups in total. The maximum absolute atomic E-state index is 12.8. The van der Waals surface area contributed by atoms with Crippen LogP contribution in [0, 0.1) is 0 Å². The van der Waals surface area contributed by atoms with Crippen LogP contribution in [0.15, 0.2) is 82.8 Å². The molecule has 1 aliphatic heterocycles. The summed E-state index contributed by atoms with van der Waals surface area (Å²) >= 11 is 6.98. The number of thiocarbonyl (C=S) groups is 1. The second-order valence-electron chi connectivity index (χ2n) is 7.88. The van der Waals surface area contributed by atoms with Crippen molar-refractivity contribution in [3.8, 4) is 0 Å². The zero-order chi connectivity index (χ0) is 24.8. The molecule has 0 atom stereocenters. The number of hydrogen-bond donors (Lipinski definition) is 3. The SMILES string of the molecule is CN1C(=O)C(=NNC(=S)NCc2ccccc2)c2cc(SCCc3ccc(C(=O)O)cc3)ccc21. The maximum Gasteiger partial charge on any atom is 0.335 e. The van der Waals surface area contributed by atoms with E-state index < -0.39 is 5.97 Å². The fourth-order valence-corrected chi connectivity index (χ4v) is 4.66. The number of rotatable bonds is 8. The van der Waals surface area contributed by atoms with Gasteiger partial charge < -0.3 is 15.3 Å². The summed E-state index contributed by atoms with van der Waals surface area (Å²) in [5.41, 5.74) is 7.11. The van der Waals surface area contributed by atoms with Gasteiger partial charge in [0.05, 0.1) is 11.3 Å². The summed E-state index contributed by atoms with van der Waals surface area (Å²) in [6.45, 7) is 0.557. The predicted octanol–water partition coefficient (Wildman–Crippen LogP) is 4.06. The molecule has 0 bridgehead atoms. The van der Waals surface area contributed by atoms with Gasteiger partial charge in [-0.2, -0.15) is 5.10 Å². The normalized spacial score (nSPS) is 13.6. The van der Waals surface area contributed by atoms with Gasteiger partial charge in [0.15, 0.2) is 10.8 Å². The molecule has 0 aromatic heterocycles. The highest BCUT2D eigenvalue weighted by Gasteiger charge is 2.32. The topological polar surface area (TPSA) is 94.0 Å². The van der Waals surface area contributed by atoms with E-state index in [0.29, 0.717) is 17.4 Å².